The summed E-state index contributed by atoms with van der Waals surface area (Å²) in [5.41, 5.74) is 3.19. The number of aryl methyl sites for hydroxylation is 1. The molecule has 0 aliphatic carbocycles. The van der Waals surface area contributed by atoms with Gasteiger partial charge in [-0.25, -0.2) is 4.31 Å². The molecule has 1 unspecified atom stereocenters. The van der Waals surface area contributed by atoms with Gasteiger partial charge >= 0.3 is 10.2 Å². The van der Waals surface area contributed by atoms with E-state index in [1.54, 1.807) is 30.3 Å². The minimum absolute atomic E-state index is 0.155. The van der Waals surface area contributed by atoms with Crippen LogP contribution in [0.4, 0.5) is 5.69 Å². The van der Waals surface area contributed by atoms with Crippen molar-refractivity contribution in [1.82, 2.24) is 14.5 Å². The van der Waals surface area contributed by atoms with E-state index in [0.717, 1.165) is 38.1 Å². The van der Waals surface area contributed by atoms with Crippen LogP contribution in [0.2, 0.25) is 0 Å². The summed E-state index contributed by atoms with van der Waals surface area (Å²) in [6, 6.07) is 25.0. The minimum Gasteiger partial charge on any atom is -0.354 e. The molecule has 214 valence electrons. The predicted molar refractivity (Wildman–Crippen MR) is 160 cm³/mol. The van der Waals surface area contributed by atoms with Crippen LogP contribution in [0, 0.1) is 6.92 Å². The van der Waals surface area contributed by atoms with E-state index in [4.69, 9.17) is 0 Å². The Morgan fingerprint density at radius 2 is 1.45 bits per heavy atom. The molecule has 9 heteroatoms. The first-order chi connectivity index (χ1) is 19.1. The van der Waals surface area contributed by atoms with Crippen LogP contribution in [-0.2, 0) is 32.8 Å². The highest BCUT2D eigenvalue weighted by atomic mass is 32.2. The third kappa shape index (κ3) is 8.40. The first-order valence-corrected chi connectivity index (χ1v) is 14.9. The molecule has 0 spiro atoms. The number of nitrogens with one attached hydrogen (secondary N) is 1. The quantitative estimate of drug-likeness (QED) is 0.298. The topological polar surface area (TPSA) is 90.0 Å². The summed E-state index contributed by atoms with van der Waals surface area (Å²) in [5, 5.41) is 2.99. The molecule has 0 aliphatic heterocycles. The van der Waals surface area contributed by atoms with Gasteiger partial charge in [-0.05, 0) is 36.6 Å². The molecule has 0 fully saturated rings. The van der Waals surface area contributed by atoms with Crippen LogP contribution in [0.1, 0.15) is 36.5 Å². The molecule has 0 aliphatic rings. The Kier molecular flexibility index (Phi) is 11.3. The number of unbranched alkanes of at least 4 members (excludes halogenated alkanes) is 1. The molecule has 40 heavy (non-hydrogen) atoms. The third-order valence-electron chi connectivity index (χ3n) is 6.64. The van der Waals surface area contributed by atoms with E-state index in [-0.39, 0.29) is 12.5 Å². The standard InChI is InChI=1S/C31H40N4O4S/c1-5-6-21-32-31(37)29(22-26-13-9-7-10-14-26)34(23-27-19-17-25(2)18-20-27)30(36)24-35(40(38,39)33(3)4)28-15-11-8-12-16-28/h7-20,29H,5-6,21-24H2,1-4H3,(H,32,37). The lowest BCUT2D eigenvalue weighted by atomic mass is 10.0. The maximum atomic E-state index is 14.2. The smallest absolute Gasteiger partial charge is 0.304 e. The van der Waals surface area contributed by atoms with Gasteiger partial charge in [0.05, 0.1) is 5.69 Å². The van der Waals surface area contributed by atoms with Crippen molar-refractivity contribution in [3.8, 4) is 0 Å². The number of hydrogen-bond donors (Lipinski definition) is 1. The van der Waals surface area contributed by atoms with Crippen LogP contribution in [-0.4, -0.2) is 62.7 Å². The maximum Gasteiger partial charge on any atom is 0.304 e. The van der Waals surface area contributed by atoms with E-state index in [1.165, 1.54) is 19.0 Å². The van der Waals surface area contributed by atoms with Crippen LogP contribution < -0.4 is 9.62 Å². The van der Waals surface area contributed by atoms with E-state index in [1.807, 2.05) is 68.4 Å². The number of nitrogens with zero attached hydrogens (tertiary/aromatic N) is 3. The number of rotatable bonds is 14. The van der Waals surface area contributed by atoms with Gasteiger partial charge in [0.25, 0.3) is 0 Å². The van der Waals surface area contributed by atoms with E-state index < -0.39 is 28.7 Å². The number of anilines is 1. The minimum atomic E-state index is -4.00. The van der Waals surface area contributed by atoms with Crippen molar-refractivity contribution in [2.75, 3.05) is 31.5 Å². The summed E-state index contributed by atoms with van der Waals surface area (Å²) in [4.78, 5) is 29.3. The molecule has 0 saturated carbocycles. The molecule has 3 aromatic carbocycles. The fraction of sp³-hybridized carbons (Fsp3) is 0.355. The number of para-hydroxylation sites is 1. The van der Waals surface area contributed by atoms with Gasteiger partial charge in [-0.1, -0.05) is 91.7 Å². The second kappa shape index (κ2) is 14.6. The van der Waals surface area contributed by atoms with Gasteiger partial charge in [-0.15, -0.1) is 0 Å². The number of hydrogen-bond acceptors (Lipinski definition) is 4. The molecular formula is C31H40N4O4S. The first-order valence-electron chi connectivity index (χ1n) is 13.6. The van der Waals surface area contributed by atoms with E-state index in [9.17, 15) is 18.0 Å². The summed E-state index contributed by atoms with van der Waals surface area (Å²) < 4.78 is 28.9. The SMILES string of the molecule is CCCCNC(=O)C(Cc1ccccc1)N(Cc1ccc(C)cc1)C(=O)CN(c1ccccc1)S(=O)(=O)N(C)C. The Labute approximate surface area is 238 Å². The molecule has 8 nitrogen and oxygen atoms in total. The fourth-order valence-corrected chi connectivity index (χ4v) is 5.32. The van der Waals surface area contributed by atoms with Crippen LogP contribution >= 0.6 is 0 Å². The highest BCUT2D eigenvalue weighted by Crippen LogP contribution is 2.21. The van der Waals surface area contributed by atoms with Gasteiger partial charge in [0.2, 0.25) is 11.8 Å². The Hall–Kier alpha value is -3.69. The van der Waals surface area contributed by atoms with Crippen LogP contribution in [0.25, 0.3) is 0 Å². The summed E-state index contributed by atoms with van der Waals surface area (Å²) >= 11 is 0. The number of benzene rings is 3. The van der Waals surface area contributed by atoms with Gasteiger partial charge in [-0.3, -0.25) is 9.59 Å². The Morgan fingerprint density at radius 3 is 2.02 bits per heavy atom. The second-order valence-electron chi connectivity index (χ2n) is 9.99. The molecule has 0 heterocycles. The zero-order valence-electron chi connectivity index (χ0n) is 23.8. The number of amides is 2. The lowest BCUT2D eigenvalue weighted by molar-refractivity contribution is -0.140. The summed E-state index contributed by atoms with van der Waals surface area (Å²) in [6.45, 7) is 4.23. The lowest BCUT2D eigenvalue weighted by Crippen LogP contribution is -2.54. The average molecular weight is 565 g/mol. The monoisotopic (exact) mass is 564 g/mol. The Balaban J connectivity index is 2.05. The van der Waals surface area contributed by atoms with Crippen LogP contribution in [0.15, 0.2) is 84.9 Å². The summed E-state index contributed by atoms with van der Waals surface area (Å²) in [7, 11) is -1.14. The van der Waals surface area contributed by atoms with Gasteiger partial charge in [0.1, 0.15) is 12.6 Å². The molecule has 1 atom stereocenters. The highest BCUT2D eigenvalue weighted by Gasteiger charge is 2.34. The molecule has 0 bridgehead atoms. The largest absolute Gasteiger partial charge is 0.354 e. The van der Waals surface area contributed by atoms with E-state index in [0.29, 0.717) is 18.7 Å². The van der Waals surface area contributed by atoms with Crippen molar-refractivity contribution < 1.29 is 18.0 Å². The van der Waals surface area contributed by atoms with Gasteiger partial charge < -0.3 is 10.2 Å². The van der Waals surface area contributed by atoms with Crippen molar-refractivity contribution in [3.05, 3.63) is 102 Å². The second-order valence-corrected chi connectivity index (χ2v) is 12.1. The molecule has 1 N–H and O–H groups in total. The maximum absolute atomic E-state index is 14.2. The molecular weight excluding hydrogens is 524 g/mol. The number of carbonyl (C=O) groups excluding carboxylic acids is 2. The third-order valence-corrected chi connectivity index (χ3v) is 8.46. The zero-order chi connectivity index (χ0) is 29.1. The van der Waals surface area contributed by atoms with Crippen molar-refractivity contribution in [2.45, 2.75) is 45.7 Å². The highest BCUT2D eigenvalue weighted by molar-refractivity contribution is 7.90. The van der Waals surface area contributed by atoms with Crippen molar-refractivity contribution >= 4 is 27.7 Å². The van der Waals surface area contributed by atoms with Gasteiger partial charge in [0.15, 0.2) is 0 Å². The van der Waals surface area contributed by atoms with Gasteiger partial charge in [0, 0.05) is 33.6 Å². The molecule has 3 aromatic rings. The van der Waals surface area contributed by atoms with Crippen molar-refractivity contribution in [2.24, 2.45) is 0 Å². The molecule has 0 radical (unpaired) electrons. The normalized spacial score (nSPS) is 12.1. The Bertz CT molecular complexity index is 1330. The van der Waals surface area contributed by atoms with Crippen LogP contribution in [0.5, 0.6) is 0 Å². The lowest BCUT2D eigenvalue weighted by Gasteiger charge is -2.34. The summed E-state index contributed by atoms with van der Waals surface area (Å²) in [6.07, 6.45) is 2.03. The first kappa shape index (κ1) is 30.8. The fourth-order valence-electron chi connectivity index (χ4n) is 4.26. The molecule has 0 aromatic heterocycles. The predicted octanol–water partition coefficient (Wildman–Crippen LogP) is 4.16. The average Bonchev–Trinajstić information content (AvgIpc) is 2.95. The van der Waals surface area contributed by atoms with Gasteiger partial charge in [-0.2, -0.15) is 12.7 Å². The molecule has 2 amide bonds. The van der Waals surface area contributed by atoms with E-state index >= 15 is 0 Å². The Morgan fingerprint density at radius 1 is 0.850 bits per heavy atom. The molecule has 3 rings (SSSR count). The van der Waals surface area contributed by atoms with Crippen LogP contribution in [0.3, 0.4) is 0 Å². The summed E-state index contributed by atoms with van der Waals surface area (Å²) in [5.74, 6) is -0.735. The number of carbonyl (C=O) groups is 2. The van der Waals surface area contributed by atoms with Crippen molar-refractivity contribution in [3.63, 3.8) is 0 Å². The van der Waals surface area contributed by atoms with Crippen molar-refractivity contribution in [1.29, 1.82) is 0 Å². The molecule has 0 saturated heterocycles. The zero-order valence-corrected chi connectivity index (χ0v) is 24.6. The van der Waals surface area contributed by atoms with E-state index in [2.05, 4.69) is 5.32 Å².